The fourth-order valence-corrected chi connectivity index (χ4v) is 1.80. The van der Waals surface area contributed by atoms with Gasteiger partial charge in [-0.1, -0.05) is 0 Å². The van der Waals surface area contributed by atoms with Crippen molar-refractivity contribution >= 4 is 17.0 Å². The lowest BCUT2D eigenvalue weighted by Gasteiger charge is -2.00. The molecule has 1 aromatic carbocycles. The Hall–Kier alpha value is -2.04. The highest BCUT2D eigenvalue weighted by atomic mass is 16.5. The average Bonchev–Trinajstić information content (AvgIpc) is 2.63. The molecule has 1 N–H and O–H groups in total. The lowest BCUT2D eigenvalue weighted by atomic mass is 10.3. The molecule has 1 heterocycles. The number of nitrogens with zero attached hydrogens (tertiary/aromatic N) is 2. The maximum atomic E-state index is 10.5. The first-order valence-corrected chi connectivity index (χ1v) is 5.33. The molecule has 2 aromatic rings. The molecule has 5 heteroatoms. The molecule has 90 valence electrons. The monoisotopic (exact) mass is 234 g/mol. The predicted molar refractivity (Wildman–Crippen MR) is 63.2 cm³/mol. The number of hydrogen-bond acceptors (Lipinski definition) is 3. The number of hydrogen-bond donors (Lipinski definition) is 1. The number of carboxylic acid groups (broad SMARTS) is 1. The minimum atomic E-state index is -0.811. The Bertz CT molecular complexity index is 560. The highest BCUT2D eigenvalue weighted by Crippen LogP contribution is 2.21. The summed E-state index contributed by atoms with van der Waals surface area (Å²) in [6.07, 6.45) is 0.525. The molecule has 0 unspecified atom stereocenters. The van der Waals surface area contributed by atoms with Gasteiger partial charge in [-0.25, -0.2) is 4.98 Å². The van der Waals surface area contributed by atoms with Crippen molar-refractivity contribution in [2.75, 3.05) is 7.11 Å². The number of benzene rings is 1. The number of rotatable bonds is 4. The molecule has 0 aliphatic heterocycles. The van der Waals surface area contributed by atoms with Gasteiger partial charge in [-0.15, -0.1) is 0 Å². The summed E-state index contributed by atoms with van der Waals surface area (Å²) >= 11 is 0. The Kier molecular flexibility index (Phi) is 2.99. The summed E-state index contributed by atoms with van der Waals surface area (Å²) in [7, 11) is 3.49. The predicted octanol–water partition coefficient (Wildman–Crippen LogP) is 1.60. The van der Waals surface area contributed by atoms with Gasteiger partial charge >= 0.3 is 5.97 Å². The topological polar surface area (TPSA) is 64.3 Å². The van der Waals surface area contributed by atoms with Crippen molar-refractivity contribution in [3.63, 3.8) is 0 Å². The van der Waals surface area contributed by atoms with Crippen molar-refractivity contribution in [2.45, 2.75) is 12.8 Å². The van der Waals surface area contributed by atoms with Crippen LogP contribution in [0.15, 0.2) is 18.2 Å². The molecule has 0 bridgehead atoms. The molecule has 0 amide bonds. The molecule has 2 rings (SSSR count). The quantitative estimate of drug-likeness (QED) is 0.872. The number of aromatic nitrogens is 2. The van der Waals surface area contributed by atoms with Gasteiger partial charge in [-0.05, 0) is 12.1 Å². The maximum Gasteiger partial charge on any atom is 0.303 e. The Morgan fingerprint density at radius 2 is 2.29 bits per heavy atom. The number of aryl methyl sites for hydroxylation is 2. The second-order valence-corrected chi connectivity index (χ2v) is 3.84. The van der Waals surface area contributed by atoms with Gasteiger partial charge in [0.2, 0.25) is 0 Å². The van der Waals surface area contributed by atoms with Crippen LogP contribution in [0, 0.1) is 0 Å². The van der Waals surface area contributed by atoms with Gasteiger partial charge in [-0.3, -0.25) is 4.79 Å². The molecule has 0 spiro atoms. The minimum absolute atomic E-state index is 0.0916. The van der Waals surface area contributed by atoms with Crippen LogP contribution in [0.2, 0.25) is 0 Å². The molecule has 0 atom stereocenters. The molecule has 0 fully saturated rings. The van der Waals surface area contributed by atoms with E-state index in [2.05, 4.69) is 4.98 Å². The fraction of sp³-hybridized carbons (Fsp3) is 0.333. The first kappa shape index (κ1) is 11.4. The van der Waals surface area contributed by atoms with Crippen molar-refractivity contribution < 1.29 is 14.6 Å². The number of aliphatic carboxylic acids is 1. The Morgan fingerprint density at radius 1 is 1.53 bits per heavy atom. The molecule has 17 heavy (non-hydrogen) atoms. The first-order valence-electron chi connectivity index (χ1n) is 5.33. The van der Waals surface area contributed by atoms with Crippen molar-refractivity contribution in [1.29, 1.82) is 0 Å². The zero-order chi connectivity index (χ0) is 12.4. The van der Waals surface area contributed by atoms with Crippen LogP contribution in [-0.4, -0.2) is 27.7 Å². The van der Waals surface area contributed by atoms with Crippen molar-refractivity contribution in [3.8, 4) is 5.75 Å². The average molecular weight is 234 g/mol. The van der Waals surface area contributed by atoms with Gasteiger partial charge in [0.25, 0.3) is 0 Å². The molecule has 0 saturated heterocycles. The van der Waals surface area contributed by atoms with E-state index >= 15 is 0 Å². The number of ether oxygens (including phenoxy) is 1. The van der Waals surface area contributed by atoms with Crippen LogP contribution in [0.4, 0.5) is 0 Å². The van der Waals surface area contributed by atoms with E-state index in [-0.39, 0.29) is 6.42 Å². The smallest absolute Gasteiger partial charge is 0.303 e. The van der Waals surface area contributed by atoms with Crippen LogP contribution in [0.1, 0.15) is 12.2 Å². The SMILES string of the molecule is COc1ccc2c(c1)nc(CCC(=O)O)n2C. The summed E-state index contributed by atoms with van der Waals surface area (Å²) in [5.41, 5.74) is 1.80. The Labute approximate surface area is 98.6 Å². The number of imidazole rings is 1. The molecular weight excluding hydrogens is 220 g/mol. The summed E-state index contributed by atoms with van der Waals surface area (Å²) in [5.74, 6) is 0.714. The molecule has 0 aliphatic carbocycles. The third-order valence-electron chi connectivity index (χ3n) is 2.74. The van der Waals surface area contributed by atoms with Crippen molar-refractivity contribution in [2.24, 2.45) is 7.05 Å². The third kappa shape index (κ3) is 2.22. The highest BCUT2D eigenvalue weighted by molar-refractivity contribution is 5.78. The summed E-state index contributed by atoms with van der Waals surface area (Å²) in [6, 6.07) is 5.63. The minimum Gasteiger partial charge on any atom is -0.497 e. The summed E-state index contributed by atoms with van der Waals surface area (Å²) in [4.78, 5) is 15.0. The van der Waals surface area contributed by atoms with Gasteiger partial charge in [0.05, 0.1) is 24.6 Å². The zero-order valence-electron chi connectivity index (χ0n) is 9.80. The van der Waals surface area contributed by atoms with E-state index in [0.29, 0.717) is 6.42 Å². The van der Waals surface area contributed by atoms with Crippen LogP contribution in [0.25, 0.3) is 11.0 Å². The van der Waals surface area contributed by atoms with E-state index in [1.807, 2.05) is 29.8 Å². The largest absolute Gasteiger partial charge is 0.497 e. The van der Waals surface area contributed by atoms with Crippen LogP contribution < -0.4 is 4.74 Å². The number of methoxy groups -OCH3 is 1. The Balaban J connectivity index is 2.38. The standard InChI is InChI=1S/C12H14N2O3/c1-14-10-4-3-8(17-2)7-9(10)13-11(14)5-6-12(15)16/h3-4,7H,5-6H2,1-2H3,(H,15,16). The van der Waals surface area contributed by atoms with Gasteiger partial charge in [0.1, 0.15) is 11.6 Å². The van der Waals surface area contributed by atoms with E-state index in [4.69, 9.17) is 9.84 Å². The van der Waals surface area contributed by atoms with Gasteiger partial charge in [0.15, 0.2) is 0 Å². The summed E-state index contributed by atoms with van der Waals surface area (Å²) in [5, 5.41) is 8.67. The lowest BCUT2D eigenvalue weighted by Crippen LogP contribution is -2.03. The molecule has 0 saturated carbocycles. The van der Waals surface area contributed by atoms with E-state index < -0.39 is 5.97 Å². The van der Waals surface area contributed by atoms with E-state index in [1.54, 1.807) is 7.11 Å². The zero-order valence-corrected chi connectivity index (χ0v) is 9.80. The maximum absolute atomic E-state index is 10.5. The summed E-state index contributed by atoms with van der Waals surface area (Å²) < 4.78 is 7.04. The molecule has 1 aromatic heterocycles. The van der Waals surface area contributed by atoms with Crippen LogP contribution in [0.3, 0.4) is 0 Å². The highest BCUT2D eigenvalue weighted by Gasteiger charge is 2.09. The van der Waals surface area contributed by atoms with E-state index in [0.717, 1.165) is 22.6 Å². The van der Waals surface area contributed by atoms with Crippen LogP contribution in [0.5, 0.6) is 5.75 Å². The van der Waals surface area contributed by atoms with Gasteiger partial charge in [-0.2, -0.15) is 0 Å². The first-order chi connectivity index (χ1) is 8.11. The molecule has 5 nitrogen and oxygen atoms in total. The lowest BCUT2D eigenvalue weighted by molar-refractivity contribution is -0.137. The third-order valence-corrected chi connectivity index (χ3v) is 2.74. The number of fused-ring (bicyclic) bond motifs is 1. The van der Waals surface area contributed by atoms with Crippen LogP contribution >= 0.6 is 0 Å². The normalized spacial score (nSPS) is 10.7. The number of carbonyl (C=O) groups is 1. The van der Waals surface area contributed by atoms with E-state index in [9.17, 15) is 4.79 Å². The number of carboxylic acids is 1. The second kappa shape index (κ2) is 4.45. The van der Waals surface area contributed by atoms with Gasteiger partial charge in [0, 0.05) is 19.5 Å². The Morgan fingerprint density at radius 3 is 2.94 bits per heavy atom. The van der Waals surface area contributed by atoms with Gasteiger partial charge < -0.3 is 14.4 Å². The van der Waals surface area contributed by atoms with E-state index in [1.165, 1.54) is 0 Å². The summed E-state index contributed by atoms with van der Waals surface area (Å²) in [6.45, 7) is 0. The molecule has 0 radical (unpaired) electrons. The van der Waals surface area contributed by atoms with Crippen LogP contribution in [-0.2, 0) is 18.3 Å². The molecule has 0 aliphatic rings. The van der Waals surface area contributed by atoms with Crippen molar-refractivity contribution in [1.82, 2.24) is 9.55 Å². The fourth-order valence-electron chi connectivity index (χ4n) is 1.80. The second-order valence-electron chi connectivity index (χ2n) is 3.84. The van der Waals surface area contributed by atoms with Crippen molar-refractivity contribution in [3.05, 3.63) is 24.0 Å². The molecular formula is C12H14N2O3.